The van der Waals surface area contributed by atoms with Crippen LogP contribution in [0.5, 0.6) is 0 Å². The average Bonchev–Trinajstić information content (AvgIpc) is 1.65. The number of esters is 1. The first-order chi connectivity index (χ1) is 3.66. The predicted octanol–water partition coefficient (Wildman–Crippen LogP) is -1.40. The molecule has 46 valence electrons. The summed E-state index contributed by atoms with van der Waals surface area (Å²) in [7, 11) is 0. The third kappa shape index (κ3) is 3.10. The van der Waals surface area contributed by atoms with Crippen molar-refractivity contribution in [2.75, 3.05) is 6.61 Å². The van der Waals surface area contributed by atoms with Crippen molar-refractivity contribution in [2.24, 2.45) is 5.73 Å². The molecule has 5 heteroatoms. The van der Waals surface area contributed by atoms with Crippen LogP contribution < -0.4 is 5.73 Å². The summed E-state index contributed by atoms with van der Waals surface area (Å²) in [4.78, 5) is 19.5. The lowest BCUT2D eigenvalue weighted by Gasteiger charge is -1.91. The van der Waals surface area contributed by atoms with Crippen LogP contribution >= 0.6 is 0 Å². The fourth-order valence-corrected chi connectivity index (χ4v) is 0.144. The molecule has 0 heterocycles. The largest absolute Gasteiger partial charge is 0.412 e. The molecule has 0 aromatic carbocycles. The van der Waals surface area contributed by atoms with E-state index in [9.17, 15) is 9.59 Å². The molecule has 0 unspecified atom stereocenters. The van der Waals surface area contributed by atoms with Crippen LogP contribution in [-0.4, -0.2) is 23.8 Å². The number of carbonyl (C=O) groups excluding carboxylic acids is 2. The molecule has 0 aliphatic heterocycles. The van der Waals surface area contributed by atoms with E-state index in [0.717, 1.165) is 0 Å². The van der Waals surface area contributed by atoms with Gasteiger partial charge in [0.15, 0.2) is 0 Å². The summed E-state index contributed by atoms with van der Waals surface area (Å²) in [5, 5.41) is 7.90. The predicted molar refractivity (Wildman–Crippen MR) is 22.8 cm³/mol. The molecule has 0 aliphatic carbocycles. The molecule has 0 aromatic rings. The molecule has 0 aliphatic rings. The van der Waals surface area contributed by atoms with E-state index in [1.54, 1.807) is 0 Å². The molecule has 0 atom stereocenters. The number of hydrogen-bond donors (Lipinski definition) is 2. The molecular formula is C3H5NO4. The Labute approximate surface area is 45.0 Å². The Bertz CT molecular complexity index is 110. The van der Waals surface area contributed by atoms with Crippen molar-refractivity contribution in [2.45, 2.75) is 0 Å². The van der Waals surface area contributed by atoms with Gasteiger partial charge in [-0.1, -0.05) is 0 Å². The van der Waals surface area contributed by atoms with E-state index in [1.165, 1.54) is 0 Å². The van der Waals surface area contributed by atoms with Gasteiger partial charge < -0.3 is 15.6 Å². The lowest BCUT2D eigenvalue weighted by atomic mass is 10.7. The molecule has 1 amide bonds. The Morgan fingerprint density at radius 1 is 1.62 bits per heavy atom. The molecular weight excluding hydrogens is 114 g/mol. The Balaban J connectivity index is 3.40. The van der Waals surface area contributed by atoms with Gasteiger partial charge in [-0.3, -0.25) is 0 Å². The maximum absolute atomic E-state index is 9.85. The zero-order chi connectivity index (χ0) is 6.57. The zero-order valence-corrected chi connectivity index (χ0v) is 3.96. The van der Waals surface area contributed by atoms with Crippen molar-refractivity contribution in [1.82, 2.24) is 0 Å². The summed E-state index contributed by atoms with van der Waals surface area (Å²) in [6.45, 7) is -0.830. The quantitative estimate of drug-likeness (QED) is 0.328. The van der Waals surface area contributed by atoms with Gasteiger partial charge in [-0.15, -0.1) is 0 Å². The number of nitrogens with two attached hydrogens (primary N) is 1. The van der Waals surface area contributed by atoms with E-state index in [4.69, 9.17) is 5.11 Å². The lowest BCUT2D eigenvalue weighted by Crippen LogP contribution is -2.20. The van der Waals surface area contributed by atoms with E-state index < -0.39 is 18.7 Å². The van der Waals surface area contributed by atoms with Crippen LogP contribution in [-0.2, 0) is 9.53 Å². The second-order valence-electron chi connectivity index (χ2n) is 0.951. The Kier molecular flexibility index (Phi) is 2.57. The highest BCUT2D eigenvalue weighted by atomic mass is 16.6. The molecule has 0 saturated heterocycles. The van der Waals surface area contributed by atoms with Crippen molar-refractivity contribution in [3.8, 4) is 0 Å². The standard InChI is InChI=1S/C3H5NO4/c4-3(7)8-2(6)1-5/h5H,1H2,(H2,4,7). The summed E-state index contributed by atoms with van der Waals surface area (Å²) in [5.41, 5.74) is 4.38. The van der Waals surface area contributed by atoms with Crippen LogP contribution in [0.4, 0.5) is 4.79 Å². The van der Waals surface area contributed by atoms with E-state index in [-0.39, 0.29) is 0 Å². The van der Waals surface area contributed by atoms with E-state index >= 15 is 0 Å². The molecule has 0 radical (unpaired) electrons. The van der Waals surface area contributed by atoms with Crippen LogP contribution in [0.3, 0.4) is 0 Å². The molecule has 0 aromatic heterocycles. The Morgan fingerprint density at radius 3 is 2.25 bits per heavy atom. The summed E-state index contributed by atoms with van der Waals surface area (Å²) >= 11 is 0. The van der Waals surface area contributed by atoms with E-state index in [0.29, 0.717) is 0 Å². The van der Waals surface area contributed by atoms with Gasteiger partial charge in [0.1, 0.15) is 6.61 Å². The van der Waals surface area contributed by atoms with Gasteiger partial charge in [0.05, 0.1) is 0 Å². The highest BCUT2D eigenvalue weighted by Crippen LogP contribution is 1.72. The maximum Gasteiger partial charge on any atom is 0.412 e. The maximum atomic E-state index is 9.85. The van der Waals surface area contributed by atoms with Crippen LogP contribution in [0.1, 0.15) is 0 Å². The van der Waals surface area contributed by atoms with Crippen LogP contribution in [0.25, 0.3) is 0 Å². The van der Waals surface area contributed by atoms with Crippen molar-refractivity contribution >= 4 is 12.1 Å². The summed E-state index contributed by atoms with van der Waals surface area (Å²) < 4.78 is 3.65. The highest BCUT2D eigenvalue weighted by Gasteiger charge is 2.01. The normalized spacial score (nSPS) is 8.12. The first kappa shape index (κ1) is 6.90. The third-order valence-corrected chi connectivity index (χ3v) is 0.344. The number of aliphatic hydroxyl groups is 1. The number of primary amides is 1. The number of aliphatic hydroxyl groups excluding tert-OH is 1. The van der Waals surface area contributed by atoms with Gasteiger partial charge in [0, 0.05) is 0 Å². The molecule has 8 heavy (non-hydrogen) atoms. The Hall–Kier alpha value is -1.10. The minimum Gasteiger partial charge on any atom is -0.385 e. The fourth-order valence-electron chi connectivity index (χ4n) is 0.144. The number of amides is 1. The Morgan fingerprint density at radius 2 is 2.12 bits per heavy atom. The second-order valence-corrected chi connectivity index (χ2v) is 0.951. The van der Waals surface area contributed by atoms with Gasteiger partial charge in [-0.05, 0) is 0 Å². The topological polar surface area (TPSA) is 89.6 Å². The fraction of sp³-hybridized carbons (Fsp3) is 0.333. The highest BCUT2D eigenvalue weighted by molar-refractivity contribution is 5.84. The minimum absolute atomic E-state index is 0.830. The summed E-state index contributed by atoms with van der Waals surface area (Å²) in [6, 6.07) is 0. The lowest BCUT2D eigenvalue weighted by molar-refractivity contribution is -0.140. The molecule has 0 spiro atoms. The van der Waals surface area contributed by atoms with Gasteiger partial charge >= 0.3 is 12.1 Å². The van der Waals surface area contributed by atoms with E-state index in [2.05, 4.69) is 10.5 Å². The summed E-state index contributed by atoms with van der Waals surface area (Å²) in [6.07, 6.45) is -1.20. The van der Waals surface area contributed by atoms with Crippen LogP contribution in [0, 0.1) is 0 Å². The first-order valence-corrected chi connectivity index (χ1v) is 1.77. The number of ether oxygens (including phenoxy) is 1. The zero-order valence-electron chi connectivity index (χ0n) is 3.96. The number of hydrogen-bond acceptors (Lipinski definition) is 4. The molecule has 5 nitrogen and oxygen atoms in total. The first-order valence-electron chi connectivity index (χ1n) is 1.77. The smallest absolute Gasteiger partial charge is 0.385 e. The van der Waals surface area contributed by atoms with Crippen molar-refractivity contribution in [3.63, 3.8) is 0 Å². The van der Waals surface area contributed by atoms with Crippen LogP contribution in [0.2, 0.25) is 0 Å². The number of rotatable bonds is 1. The summed E-state index contributed by atoms with van der Waals surface area (Å²) in [5.74, 6) is -1.04. The average molecular weight is 119 g/mol. The van der Waals surface area contributed by atoms with Gasteiger partial charge in [-0.25, -0.2) is 9.59 Å². The molecule has 0 fully saturated rings. The van der Waals surface area contributed by atoms with Gasteiger partial charge in [-0.2, -0.15) is 0 Å². The molecule has 0 saturated carbocycles. The third-order valence-electron chi connectivity index (χ3n) is 0.344. The van der Waals surface area contributed by atoms with Crippen molar-refractivity contribution in [1.29, 1.82) is 0 Å². The van der Waals surface area contributed by atoms with Crippen molar-refractivity contribution < 1.29 is 19.4 Å². The molecule has 0 bridgehead atoms. The monoisotopic (exact) mass is 119 g/mol. The molecule has 3 N–H and O–H groups in total. The molecule has 0 rings (SSSR count). The van der Waals surface area contributed by atoms with E-state index in [1.807, 2.05) is 0 Å². The minimum atomic E-state index is -1.20. The second kappa shape index (κ2) is 2.98. The van der Waals surface area contributed by atoms with Gasteiger partial charge in [0.2, 0.25) is 0 Å². The van der Waals surface area contributed by atoms with Crippen LogP contribution in [0.15, 0.2) is 0 Å². The SMILES string of the molecule is NC(=O)OC(=O)CO. The van der Waals surface area contributed by atoms with Crippen molar-refractivity contribution in [3.05, 3.63) is 0 Å². The number of carbonyl (C=O) groups is 2. The van der Waals surface area contributed by atoms with Gasteiger partial charge in [0.25, 0.3) is 0 Å².